The minimum absolute atomic E-state index is 0.257. The lowest BCUT2D eigenvalue weighted by atomic mass is 10.1. The number of benzene rings is 2. The van der Waals surface area contributed by atoms with E-state index in [1.54, 1.807) is 23.8 Å². The fourth-order valence-electron chi connectivity index (χ4n) is 2.84. The summed E-state index contributed by atoms with van der Waals surface area (Å²) in [6.45, 7) is 0. The average molecular weight is 366 g/mol. The SMILES string of the molecule is CN(N)c1cccc(Nc2nccn3c(-c4ccc(F)cc4F)cnc23)c1. The first-order valence-corrected chi connectivity index (χ1v) is 8.16. The molecule has 0 fully saturated rings. The fourth-order valence-corrected chi connectivity index (χ4v) is 2.84. The minimum Gasteiger partial charge on any atom is -0.337 e. The van der Waals surface area contributed by atoms with Gasteiger partial charge in [0, 0.05) is 36.8 Å². The number of rotatable bonds is 4. The molecule has 0 unspecified atom stereocenters. The largest absolute Gasteiger partial charge is 0.337 e. The second-order valence-electron chi connectivity index (χ2n) is 6.02. The second kappa shape index (κ2) is 6.65. The van der Waals surface area contributed by atoms with Crippen LogP contribution in [0.25, 0.3) is 16.9 Å². The van der Waals surface area contributed by atoms with Gasteiger partial charge < -0.3 is 10.3 Å². The van der Waals surface area contributed by atoms with Crippen LogP contribution in [0.1, 0.15) is 0 Å². The molecule has 0 aliphatic heterocycles. The molecule has 4 rings (SSSR count). The van der Waals surface area contributed by atoms with Crippen molar-refractivity contribution in [1.29, 1.82) is 0 Å². The Morgan fingerprint density at radius 1 is 1.11 bits per heavy atom. The van der Waals surface area contributed by atoms with Gasteiger partial charge in [0.2, 0.25) is 0 Å². The van der Waals surface area contributed by atoms with Crippen LogP contribution >= 0.6 is 0 Å². The monoisotopic (exact) mass is 366 g/mol. The van der Waals surface area contributed by atoms with E-state index in [-0.39, 0.29) is 5.56 Å². The molecule has 0 saturated heterocycles. The predicted molar refractivity (Wildman–Crippen MR) is 101 cm³/mol. The third kappa shape index (κ3) is 3.18. The minimum atomic E-state index is -0.651. The van der Waals surface area contributed by atoms with Gasteiger partial charge in [-0.05, 0) is 30.3 Å². The Balaban J connectivity index is 1.76. The van der Waals surface area contributed by atoms with E-state index in [9.17, 15) is 8.78 Å². The molecule has 0 atom stereocenters. The molecule has 0 amide bonds. The van der Waals surface area contributed by atoms with Crippen molar-refractivity contribution in [3.63, 3.8) is 0 Å². The first-order valence-electron chi connectivity index (χ1n) is 8.16. The summed E-state index contributed by atoms with van der Waals surface area (Å²) in [4.78, 5) is 8.68. The van der Waals surface area contributed by atoms with Crippen molar-refractivity contribution in [2.24, 2.45) is 5.84 Å². The third-order valence-corrected chi connectivity index (χ3v) is 4.15. The van der Waals surface area contributed by atoms with Crippen molar-refractivity contribution in [3.05, 3.63) is 72.7 Å². The van der Waals surface area contributed by atoms with Gasteiger partial charge in [0.1, 0.15) is 11.6 Å². The molecule has 0 aliphatic rings. The maximum absolute atomic E-state index is 14.2. The highest BCUT2D eigenvalue weighted by molar-refractivity contribution is 5.75. The molecule has 6 nitrogen and oxygen atoms in total. The fraction of sp³-hybridized carbons (Fsp3) is 0.0526. The zero-order valence-electron chi connectivity index (χ0n) is 14.4. The van der Waals surface area contributed by atoms with E-state index < -0.39 is 11.6 Å². The Kier molecular flexibility index (Phi) is 4.17. The highest BCUT2D eigenvalue weighted by atomic mass is 19.1. The van der Waals surface area contributed by atoms with Crippen molar-refractivity contribution in [1.82, 2.24) is 14.4 Å². The lowest BCUT2D eigenvalue weighted by Crippen LogP contribution is -2.24. The maximum atomic E-state index is 14.2. The van der Waals surface area contributed by atoms with Crippen LogP contribution in [0.5, 0.6) is 0 Å². The number of hydrogen-bond acceptors (Lipinski definition) is 5. The van der Waals surface area contributed by atoms with Crippen molar-refractivity contribution in [2.45, 2.75) is 0 Å². The highest BCUT2D eigenvalue weighted by Gasteiger charge is 2.14. The molecule has 0 aliphatic carbocycles. The molecule has 0 saturated carbocycles. The van der Waals surface area contributed by atoms with E-state index in [2.05, 4.69) is 15.3 Å². The van der Waals surface area contributed by atoms with E-state index in [0.717, 1.165) is 17.4 Å². The average Bonchev–Trinajstić information content (AvgIpc) is 3.07. The summed E-state index contributed by atoms with van der Waals surface area (Å²) in [7, 11) is 1.75. The summed E-state index contributed by atoms with van der Waals surface area (Å²) in [5, 5.41) is 4.70. The van der Waals surface area contributed by atoms with Gasteiger partial charge in [0.25, 0.3) is 0 Å². The van der Waals surface area contributed by atoms with Crippen molar-refractivity contribution < 1.29 is 8.78 Å². The van der Waals surface area contributed by atoms with Crippen molar-refractivity contribution in [3.8, 4) is 11.3 Å². The lowest BCUT2D eigenvalue weighted by molar-refractivity contribution is 0.585. The molecule has 4 aromatic rings. The molecule has 27 heavy (non-hydrogen) atoms. The Morgan fingerprint density at radius 2 is 1.96 bits per heavy atom. The van der Waals surface area contributed by atoms with Gasteiger partial charge in [0.05, 0.1) is 17.6 Å². The summed E-state index contributed by atoms with van der Waals surface area (Å²) in [5.41, 5.74) is 2.88. The smallest absolute Gasteiger partial charge is 0.180 e. The summed E-state index contributed by atoms with van der Waals surface area (Å²) in [6.07, 6.45) is 4.79. The topological polar surface area (TPSA) is 71.5 Å². The molecular formula is C19H16F2N6. The van der Waals surface area contributed by atoms with Crippen LogP contribution in [0, 0.1) is 11.6 Å². The number of hydrazine groups is 1. The van der Waals surface area contributed by atoms with E-state index in [1.807, 2.05) is 24.3 Å². The predicted octanol–water partition coefficient (Wildman–Crippen LogP) is 3.73. The standard InChI is InChI=1S/C19H16F2N6/c1-26(22)14-4-2-3-13(10-14)25-18-19-24-11-17(27(19)8-7-23-18)15-6-5-12(20)9-16(15)21/h2-11H,22H2,1H3,(H,23,25). The molecule has 2 aromatic heterocycles. The Hall–Kier alpha value is -3.52. The van der Waals surface area contributed by atoms with Crippen LogP contribution in [0.4, 0.5) is 26.0 Å². The molecule has 3 N–H and O–H groups in total. The Labute approximate surface area is 153 Å². The molecular weight excluding hydrogens is 350 g/mol. The van der Waals surface area contributed by atoms with E-state index in [4.69, 9.17) is 5.84 Å². The molecule has 0 radical (unpaired) electrons. The number of halogens is 2. The van der Waals surface area contributed by atoms with Crippen LogP contribution < -0.4 is 16.2 Å². The van der Waals surface area contributed by atoms with Crippen molar-refractivity contribution in [2.75, 3.05) is 17.4 Å². The molecule has 8 heteroatoms. The molecule has 0 spiro atoms. The van der Waals surface area contributed by atoms with Gasteiger partial charge in [-0.3, -0.25) is 4.40 Å². The van der Waals surface area contributed by atoms with E-state index in [1.165, 1.54) is 23.3 Å². The normalized spacial score (nSPS) is 11.0. The van der Waals surface area contributed by atoms with E-state index in [0.29, 0.717) is 17.2 Å². The van der Waals surface area contributed by atoms with Crippen LogP contribution in [0.2, 0.25) is 0 Å². The summed E-state index contributed by atoms with van der Waals surface area (Å²) >= 11 is 0. The summed E-state index contributed by atoms with van der Waals surface area (Å²) in [5.74, 6) is 5.00. The quantitative estimate of drug-likeness (QED) is 0.425. The summed E-state index contributed by atoms with van der Waals surface area (Å²) < 4.78 is 29.1. The van der Waals surface area contributed by atoms with Crippen LogP contribution in [-0.4, -0.2) is 21.4 Å². The number of imidazole rings is 1. The Morgan fingerprint density at radius 3 is 2.74 bits per heavy atom. The zero-order valence-corrected chi connectivity index (χ0v) is 14.4. The van der Waals surface area contributed by atoms with Crippen LogP contribution in [0.3, 0.4) is 0 Å². The second-order valence-corrected chi connectivity index (χ2v) is 6.02. The van der Waals surface area contributed by atoms with Gasteiger partial charge in [-0.25, -0.2) is 24.6 Å². The third-order valence-electron chi connectivity index (χ3n) is 4.15. The Bertz CT molecular complexity index is 1120. The first kappa shape index (κ1) is 16.9. The highest BCUT2D eigenvalue weighted by Crippen LogP contribution is 2.28. The molecule has 0 bridgehead atoms. The van der Waals surface area contributed by atoms with Gasteiger partial charge in [0.15, 0.2) is 11.5 Å². The zero-order chi connectivity index (χ0) is 19.0. The maximum Gasteiger partial charge on any atom is 0.180 e. The number of hydrogen-bond donors (Lipinski definition) is 2. The van der Waals surface area contributed by atoms with Gasteiger partial charge in [-0.2, -0.15) is 0 Å². The lowest BCUT2D eigenvalue weighted by Gasteiger charge is -2.14. The number of fused-ring (bicyclic) bond motifs is 1. The van der Waals surface area contributed by atoms with Crippen LogP contribution in [-0.2, 0) is 0 Å². The molecule has 136 valence electrons. The van der Waals surface area contributed by atoms with Gasteiger partial charge in [-0.1, -0.05) is 6.07 Å². The summed E-state index contributed by atoms with van der Waals surface area (Å²) in [6, 6.07) is 10.9. The molecule has 2 aromatic carbocycles. The van der Waals surface area contributed by atoms with Crippen LogP contribution in [0.15, 0.2) is 61.1 Å². The number of nitrogens with one attached hydrogen (secondary N) is 1. The first-order chi connectivity index (χ1) is 13.0. The van der Waals surface area contributed by atoms with Gasteiger partial charge in [-0.15, -0.1) is 0 Å². The van der Waals surface area contributed by atoms with Gasteiger partial charge >= 0.3 is 0 Å². The number of anilines is 3. The molecule has 2 heterocycles. The van der Waals surface area contributed by atoms with E-state index >= 15 is 0 Å². The van der Waals surface area contributed by atoms with Crippen molar-refractivity contribution >= 4 is 22.8 Å². The number of nitrogens with zero attached hydrogens (tertiary/aromatic N) is 4. The number of nitrogens with two attached hydrogens (primary N) is 1. The number of aromatic nitrogens is 3.